The standard InChI is InChI=1S/C18H28F2N4O3/c1-21-18(22-8-10-26-12-11-25-2)23-14-7-9-24(13-14)15-5-3-4-6-16(15)27-17(19)20/h3-6,14,17H,7-13H2,1-2H3,(H2,21,22,23). The normalized spacial score (nSPS) is 17.4. The van der Waals surface area contributed by atoms with Crippen molar-refractivity contribution in [3.05, 3.63) is 24.3 Å². The number of guanidine groups is 1. The molecule has 1 aliphatic heterocycles. The second kappa shape index (κ2) is 11.6. The third-order valence-corrected chi connectivity index (χ3v) is 4.15. The number of ether oxygens (including phenoxy) is 3. The van der Waals surface area contributed by atoms with Crippen molar-refractivity contribution in [3.63, 3.8) is 0 Å². The molecule has 2 rings (SSSR count). The van der Waals surface area contributed by atoms with Crippen molar-refractivity contribution < 1.29 is 23.0 Å². The summed E-state index contributed by atoms with van der Waals surface area (Å²) in [4.78, 5) is 6.25. The van der Waals surface area contributed by atoms with E-state index in [1.807, 2.05) is 11.0 Å². The molecule has 1 aromatic carbocycles. The maximum absolute atomic E-state index is 12.6. The van der Waals surface area contributed by atoms with Gasteiger partial charge in [-0.1, -0.05) is 12.1 Å². The predicted molar refractivity (Wildman–Crippen MR) is 101 cm³/mol. The number of methoxy groups -OCH3 is 1. The number of halogens is 2. The summed E-state index contributed by atoms with van der Waals surface area (Å²) in [6.45, 7) is 0.900. The first-order valence-electron chi connectivity index (χ1n) is 8.96. The summed E-state index contributed by atoms with van der Waals surface area (Å²) in [5.41, 5.74) is 0.677. The van der Waals surface area contributed by atoms with Crippen molar-refractivity contribution >= 4 is 11.6 Å². The number of benzene rings is 1. The van der Waals surface area contributed by atoms with E-state index >= 15 is 0 Å². The molecule has 0 radical (unpaired) electrons. The largest absolute Gasteiger partial charge is 0.433 e. The second-order valence-electron chi connectivity index (χ2n) is 6.03. The van der Waals surface area contributed by atoms with Gasteiger partial charge in [0.25, 0.3) is 0 Å². The summed E-state index contributed by atoms with van der Waals surface area (Å²) < 4.78 is 40.2. The molecule has 1 saturated heterocycles. The lowest BCUT2D eigenvalue weighted by Gasteiger charge is -2.22. The summed E-state index contributed by atoms with van der Waals surface area (Å²) >= 11 is 0. The third-order valence-electron chi connectivity index (χ3n) is 4.15. The molecular formula is C18H28F2N4O3. The fraction of sp³-hybridized carbons (Fsp3) is 0.611. The number of para-hydroxylation sites is 2. The first-order chi connectivity index (χ1) is 13.1. The zero-order valence-electron chi connectivity index (χ0n) is 15.8. The van der Waals surface area contributed by atoms with E-state index in [0.29, 0.717) is 44.6 Å². The van der Waals surface area contributed by atoms with E-state index in [-0.39, 0.29) is 11.8 Å². The summed E-state index contributed by atoms with van der Waals surface area (Å²) in [7, 11) is 3.34. The van der Waals surface area contributed by atoms with Gasteiger partial charge in [-0.05, 0) is 18.6 Å². The number of nitrogens with one attached hydrogen (secondary N) is 2. The Morgan fingerprint density at radius 2 is 2.11 bits per heavy atom. The van der Waals surface area contributed by atoms with E-state index in [9.17, 15) is 8.78 Å². The van der Waals surface area contributed by atoms with Gasteiger partial charge in [0.2, 0.25) is 0 Å². The number of alkyl halides is 2. The van der Waals surface area contributed by atoms with Gasteiger partial charge in [-0.25, -0.2) is 0 Å². The minimum Gasteiger partial charge on any atom is -0.433 e. The van der Waals surface area contributed by atoms with Gasteiger partial charge in [0.1, 0.15) is 5.75 Å². The average Bonchev–Trinajstić information content (AvgIpc) is 3.12. The van der Waals surface area contributed by atoms with Gasteiger partial charge in [-0.3, -0.25) is 4.99 Å². The summed E-state index contributed by atoms with van der Waals surface area (Å²) in [5.74, 6) is 0.887. The molecule has 1 aliphatic rings. The van der Waals surface area contributed by atoms with Crippen LogP contribution in [-0.4, -0.2) is 72.2 Å². The minimum absolute atomic E-state index is 0.158. The van der Waals surface area contributed by atoms with E-state index in [1.165, 1.54) is 0 Å². The zero-order chi connectivity index (χ0) is 19.5. The van der Waals surface area contributed by atoms with Crippen molar-refractivity contribution in [1.82, 2.24) is 10.6 Å². The fourth-order valence-corrected chi connectivity index (χ4v) is 2.88. The van der Waals surface area contributed by atoms with Crippen molar-refractivity contribution in [2.45, 2.75) is 19.1 Å². The molecule has 0 amide bonds. The number of rotatable bonds is 10. The number of anilines is 1. The van der Waals surface area contributed by atoms with Gasteiger partial charge in [0.05, 0.1) is 25.5 Å². The van der Waals surface area contributed by atoms with Gasteiger partial charge in [0, 0.05) is 39.8 Å². The molecule has 0 spiro atoms. The van der Waals surface area contributed by atoms with Crippen LogP contribution in [0.5, 0.6) is 5.75 Å². The molecule has 152 valence electrons. The first-order valence-corrected chi connectivity index (χ1v) is 8.96. The smallest absolute Gasteiger partial charge is 0.387 e. The van der Waals surface area contributed by atoms with Crippen LogP contribution in [0.1, 0.15) is 6.42 Å². The molecule has 0 saturated carbocycles. The van der Waals surface area contributed by atoms with Crippen molar-refractivity contribution in [2.24, 2.45) is 4.99 Å². The highest BCUT2D eigenvalue weighted by molar-refractivity contribution is 5.80. The molecule has 27 heavy (non-hydrogen) atoms. The Balaban J connectivity index is 1.80. The lowest BCUT2D eigenvalue weighted by Crippen LogP contribution is -2.45. The molecule has 1 unspecified atom stereocenters. The van der Waals surface area contributed by atoms with E-state index in [1.54, 1.807) is 32.4 Å². The average molecular weight is 386 g/mol. The van der Waals surface area contributed by atoms with Crippen molar-refractivity contribution in [1.29, 1.82) is 0 Å². The van der Waals surface area contributed by atoms with E-state index in [0.717, 1.165) is 13.0 Å². The minimum atomic E-state index is -2.84. The molecule has 2 N–H and O–H groups in total. The summed E-state index contributed by atoms with van der Waals surface area (Å²) in [5, 5.41) is 6.55. The number of aliphatic imine (C=N–C) groups is 1. The summed E-state index contributed by atoms with van der Waals surface area (Å²) in [6, 6.07) is 7.02. The highest BCUT2D eigenvalue weighted by Crippen LogP contribution is 2.31. The Kier molecular flexibility index (Phi) is 9.06. The van der Waals surface area contributed by atoms with Crippen LogP contribution in [0, 0.1) is 0 Å². The monoisotopic (exact) mass is 386 g/mol. The lowest BCUT2D eigenvalue weighted by molar-refractivity contribution is -0.0495. The van der Waals surface area contributed by atoms with Crippen LogP contribution >= 0.6 is 0 Å². The van der Waals surface area contributed by atoms with Crippen LogP contribution in [0.25, 0.3) is 0 Å². The molecule has 9 heteroatoms. The number of hydrogen-bond acceptors (Lipinski definition) is 5. The van der Waals surface area contributed by atoms with Crippen LogP contribution in [0.3, 0.4) is 0 Å². The summed E-state index contributed by atoms with van der Waals surface area (Å²) in [6.07, 6.45) is 0.869. The van der Waals surface area contributed by atoms with Crippen LogP contribution in [-0.2, 0) is 9.47 Å². The van der Waals surface area contributed by atoms with E-state index in [4.69, 9.17) is 9.47 Å². The topological polar surface area (TPSA) is 67.4 Å². The number of nitrogens with zero attached hydrogens (tertiary/aromatic N) is 2. The first kappa shape index (κ1) is 21.2. The van der Waals surface area contributed by atoms with Crippen LogP contribution in [0.2, 0.25) is 0 Å². The number of hydrogen-bond donors (Lipinski definition) is 2. The second-order valence-corrected chi connectivity index (χ2v) is 6.03. The predicted octanol–water partition coefficient (Wildman–Crippen LogP) is 1.69. The molecule has 7 nitrogen and oxygen atoms in total. The SMILES string of the molecule is CN=C(NCCOCCOC)NC1CCN(c2ccccc2OC(F)F)C1. The Hall–Kier alpha value is -2.13. The molecule has 0 bridgehead atoms. The zero-order valence-corrected chi connectivity index (χ0v) is 15.8. The van der Waals surface area contributed by atoms with Crippen molar-refractivity contribution in [2.75, 3.05) is 58.5 Å². The highest BCUT2D eigenvalue weighted by atomic mass is 19.3. The van der Waals surface area contributed by atoms with Gasteiger partial charge in [-0.15, -0.1) is 0 Å². The van der Waals surface area contributed by atoms with Gasteiger partial charge >= 0.3 is 6.61 Å². The Labute approximate surface area is 158 Å². The molecule has 0 aromatic heterocycles. The fourth-order valence-electron chi connectivity index (χ4n) is 2.88. The maximum atomic E-state index is 12.6. The van der Waals surface area contributed by atoms with Gasteiger partial charge in [0.15, 0.2) is 5.96 Å². The quantitative estimate of drug-likeness (QED) is 0.362. The Morgan fingerprint density at radius 1 is 1.30 bits per heavy atom. The van der Waals surface area contributed by atoms with Gasteiger partial charge < -0.3 is 29.7 Å². The Bertz CT molecular complexity index is 589. The van der Waals surface area contributed by atoms with Gasteiger partial charge in [-0.2, -0.15) is 8.78 Å². The van der Waals surface area contributed by atoms with Crippen LogP contribution < -0.4 is 20.3 Å². The lowest BCUT2D eigenvalue weighted by atomic mass is 10.2. The van der Waals surface area contributed by atoms with Crippen LogP contribution in [0.4, 0.5) is 14.5 Å². The maximum Gasteiger partial charge on any atom is 0.387 e. The molecule has 1 aromatic rings. The molecular weight excluding hydrogens is 358 g/mol. The third kappa shape index (κ3) is 7.18. The molecule has 1 fully saturated rings. The molecule has 0 aliphatic carbocycles. The van der Waals surface area contributed by atoms with Crippen molar-refractivity contribution in [3.8, 4) is 5.75 Å². The Morgan fingerprint density at radius 3 is 2.85 bits per heavy atom. The molecule has 1 heterocycles. The molecule has 1 atom stereocenters. The van der Waals surface area contributed by atoms with Crippen LogP contribution in [0.15, 0.2) is 29.3 Å². The highest BCUT2D eigenvalue weighted by Gasteiger charge is 2.25. The van der Waals surface area contributed by atoms with E-state index in [2.05, 4.69) is 20.4 Å². The van der Waals surface area contributed by atoms with E-state index < -0.39 is 6.61 Å².